The highest BCUT2D eigenvalue weighted by Crippen LogP contribution is 2.26. The first-order valence-electron chi connectivity index (χ1n) is 9.45. The van der Waals surface area contributed by atoms with Crippen molar-refractivity contribution in [2.24, 2.45) is 0 Å². The van der Waals surface area contributed by atoms with Crippen molar-refractivity contribution in [3.63, 3.8) is 0 Å². The molecule has 0 saturated carbocycles. The highest BCUT2D eigenvalue weighted by Gasteiger charge is 2.23. The van der Waals surface area contributed by atoms with Crippen LogP contribution in [0.3, 0.4) is 0 Å². The van der Waals surface area contributed by atoms with Gasteiger partial charge in [-0.3, -0.25) is 9.55 Å². The Morgan fingerprint density at radius 1 is 1.07 bits per heavy atom. The number of carbonyl (C=O) groups excluding carboxylic acids is 1. The summed E-state index contributed by atoms with van der Waals surface area (Å²) >= 11 is 0. The summed E-state index contributed by atoms with van der Waals surface area (Å²) in [7, 11) is 1.64. The first-order chi connectivity index (χ1) is 14.2. The van der Waals surface area contributed by atoms with Gasteiger partial charge in [-0.25, -0.2) is 9.59 Å². The van der Waals surface area contributed by atoms with Crippen molar-refractivity contribution in [3.05, 3.63) is 70.8 Å². The smallest absolute Gasteiger partial charge is 0.357 e. The van der Waals surface area contributed by atoms with Gasteiger partial charge in [-0.1, -0.05) is 36.4 Å². The molecule has 7 nitrogen and oxygen atoms in total. The van der Waals surface area contributed by atoms with Gasteiger partial charge in [-0.05, 0) is 19.1 Å². The van der Waals surface area contributed by atoms with E-state index in [9.17, 15) is 9.59 Å². The second-order valence-electron chi connectivity index (χ2n) is 6.27. The quantitative estimate of drug-likeness (QED) is 0.443. The molecule has 152 valence electrons. The van der Waals surface area contributed by atoms with Crippen LogP contribution in [0.25, 0.3) is 16.9 Å². The number of imidazole rings is 1. The van der Waals surface area contributed by atoms with Gasteiger partial charge in [0, 0.05) is 31.8 Å². The molecule has 1 N–H and O–H groups in total. The van der Waals surface area contributed by atoms with Crippen LogP contribution in [-0.4, -0.2) is 42.5 Å². The molecular weight excluding hydrogens is 372 g/mol. The number of nitrogens with one attached hydrogen (secondary N) is 1. The molecule has 2 aromatic carbocycles. The molecule has 0 unspecified atom stereocenters. The van der Waals surface area contributed by atoms with Gasteiger partial charge >= 0.3 is 11.7 Å². The number of H-pyrrole nitrogens is 1. The lowest BCUT2D eigenvalue weighted by atomic mass is 10.1. The van der Waals surface area contributed by atoms with Crippen LogP contribution in [0.1, 0.15) is 23.8 Å². The van der Waals surface area contributed by atoms with E-state index in [1.165, 1.54) is 4.57 Å². The summed E-state index contributed by atoms with van der Waals surface area (Å²) in [6.45, 7) is 3.04. The Morgan fingerprint density at radius 2 is 1.86 bits per heavy atom. The van der Waals surface area contributed by atoms with Gasteiger partial charge in [0.25, 0.3) is 0 Å². The lowest BCUT2D eigenvalue weighted by Crippen LogP contribution is -2.15. The molecule has 0 atom stereocenters. The molecule has 0 saturated heterocycles. The highest BCUT2D eigenvalue weighted by molar-refractivity contribution is 5.94. The number of hydrogen-bond donors (Lipinski definition) is 1. The normalized spacial score (nSPS) is 10.7. The maximum absolute atomic E-state index is 12.8. The average Bonchev–Trinajstić information content (AvgIpc) is 3.09. The van der Waals surface area contributed by atoms with Gasteiger partial charge in [-0.15, -0.1) is 0 Å². The van der Waals surface area contributed by atoms with Gasteiger partial charge in [0.1, 0.15) is 5.75 Å². The predicted octanol–water partition coefficient (Wildman–Crippen LogP) is 3.42. The molecule has 0 bridgehead atoms. The summed E-state index contributed by atoms with van der Waals surface area (Å²) < 4.78 is 17.4. The Morgan fingerprint density at radius 3 is 2.59 bits per heavy atom. The second kappa shape index (κ2) is 9.75. The van der Waals surface area contributed by atoms with E-state index in [4.69, 9.17) is 14.2 Å². The fourth-order valence-electron chi connectivity index (χ4n) is 3.01. The SMILES string of the molecule is CCOC(=O)c1[nH]c(=O)n(-c2cccc(OCCCOC)c2)c1-c1ccccc1. The molecule has 7 heteroatoms. The summed E-state index contributed by atoms with van der Waals surface area (Å²) in [4.78, 5) is 27.9. The number of carbonyl (C=O) groups is 1. The molecule has 29 heavy (non-hydrogen) atoms. The highest BCUT2D eigenvalue weighted by atomic mass is 16.5. The minimum absolute atomic E-state index is 0.120. The number of esters is 1. The number of benzene rings is 2. The Balaban J connectivity index is 2.05. The number of ether oxygens (including phenoxy) is 3. The first-order valence-corrected chi connectivity index (χ1v) is 9.45. The topological polar surface area (TPSA) is 82.6 Å². The number of aromatic amines is 1. The lowest BCUT2D eigenvalue weighted by molar-refractivity contribution is 0.0521. The van der Waals surface area contributed by atoms with Crippen molar-refractivity contribution in [2.75, 3.05) is 26.9 Å². The number of hydrogen-bond acceptors (Lipinski definition) is 5. The van der Waals surface area contributed by atoms with Crippen molar-refractivity contribution < 1.29 is 19.0 Å². The molecule has 1 heterocycles. The maximum atomic E-state index is 12.8. The molecule has 0 fully saturated rings. The Labute approximate surface area is 168 Å². The Bertz CT molecular complexity index is 1010. The Hall–Kier alpha value is -3.32. The standard InChI is InChI=1S/C22H24N2O5/c1-3-28-21(25)19-20(16-9-5-4-6-10-16)24(22(26)23-19)17-11-7-12-18(15-17)29-14-8-13-27-2/h4-7,9-12,15H,3,8,13-14H2,1-2H3,(H,23,26). The third-order valence-electron chi connectivity index (χ3n) is 4.26. The van der Waals surface area contributed by atoms with E-state index in [0.29, 0.717) is 30.3 Å². The number of nitrogens with zero attached hydrogens (tertiary/aromatic N) is 1. The fraction of sp³-hybridized carbons (Fsp3) is 0.273. The fourth-order valence-corrected chi connectivity index (χ4v) is 3.01. The van der Waals surface area contributed by atoms with Crippen LogP contribution >= 0.6 is 0 Å². The van der Waals surface area contributed by atoms with Crippen molar-refractivity contribution >= 4 is 5.97 Å². The summed E-state index contributed by atoms with van der Waals surface area (Å²) in [5.41, 5.74) is 1.45. The van der Waals surface area contributed by atoms with Crippen molar-refractivity contribution in [1.29, 1.82) is 0 Å². The van der Waals surface area contributed by atoms with E-state index < -0.39 is 11.7 Å². The molecule has 0 aliphatic carbocycles. The van der Waals surface area contributed by atoms with Crippen molar-refractivity contribution in [2.45, 2.75) is 13.3 Å². The Kier molecular flexibility index (Phi) is 6.86. The van der Waals surface area contributed by atoms with Crippen molar-refractivity contribution in [1.82, 2.24) is 9.55 Å². The minimum Gasteiger partial charge on any atom is -0.493 e. The van der Waals surface area contributed by atoms with Gasteiger partial charge < -0.3 is 14.2 Å². The molecule has 0 aliphatic rings. The molecular formula is C22H24N2O5. The lowest BCUT2D eigenvalue weighted by Gasteiger charge is -2.12. The van der Waals surface area contributed by atoms with E-state index >= 15 is 0 Å². The molecule has 0 amide bonds. The van der Waals surface area contributed by atoms with E-state index in [1.807, 2.05) is 36.4 Å². The second-order valence-corrected chi connectivity index (χ2v) is 6.27. The summed E-state index contributed by atoms with van der Waals surface area (Å²) in [5, 5.41) is 0. The zero-order chi connectivity index (χ0) is 20.6. The summed E-state index contributed by atoms with van der Waals surface area (Å²) in [6, 6.07) is 16.4. The van der Waals surface area contributed by atoms with Crippen LogP contribution in [0.4, 0.5) is 0 Å². The summed E-state index contributed by atoms with van der Waals surface area (Å²) in [5.74, 6) is 0.0533. The predicted molar refractivity (Wildman–Crippen MR) is 110 cm³/mol. The monoisotopic (exact) mass is 396 g/mol. The zero-order valence-corrected chi connectivity index (χ0v) is 16.5. The van der Waals surface area contributed by atoms with Crippen LogP contribution in [0.5, 0.6) is 5.75 Å². The summed E-state index contributed by atoms with van der Waals surface area (Å²) in [6.07, 6.45) is 0.757. The molecule has 0 radical (unpaired) electrons. The van der Waals surface area contributed by atoms with Gasteiger partial charge in [0.2, 0.25) is 0 Å². The average molecular weight is 396 g/mol. The number of aromatic nitrogens is 2. The van der Waals surface area contributed by atoms with E-state index in [0.717, 1.165) is 12.0 Å². The van der Waals surface area contributed by atoms with E-state index in [1.54, 1.807) is 32.2 Å². The van der Waals surface area contributed by atoms with Crippen LogP contribution < -0.4 is 10.4 Å². The first kappa shape index (κ1) is 20.4. The largest absolute Gasteiger partial charge is 0.493 e. The molecule has 3 aromatic rings. The van der Waals surface area contributed by atoms with E-state index in [2.05, 4.69) is 4.98 Å². The third kappa shape index (κ3) is 4.75. The molecule has 0 aliphatic heterocycles. The maximum Gasteiger partial charge on any atom is 0.357 e. The number of rotatable bonds is 9. The minimum atomic E-state index is -0.575. The van der Waals surface area contributed by atoms with Gasteiger partial charge in [0.05, 0.1) is 24.6 Å². The number of methoxy groups -OCH3 is 1. The van der Waals surface area contributed by atoms with Gasteiger partial charge in [-0.2, -0.15) is 0 Å². The van der Waals surface area contributed by atoms with Crippen LogP contribution in [0.15, 0.2) is 59.4 Å². The van der Waals surface area contributed by atoms with Gasteiger partial charge in [0.15, 0.2) is 5.69 Å². The molecule has 3 rings (SSSR count). The molecule has 1 aromatic heterocycles. The van der Waals surface area contributed by atoms with Crippen LogP contribution in [-0.2, 0) is 9.47 Å². The molecule has 0 spiro atoms. The van der Waals surface area contributed by atoms with Crippen LogP contribution in [0, 0.1) is 0 Å². The van der Waals surface area contributed by atoms with Crippen LogP contribution in [0.2, 0.25) is 0 Å². The zero-order valence-electron chi connectivity index (χ0n) is 16.5. The van der Waals surface area contributed by atoms with E-state index in [-0.39, 0.29) is 12.3 Å². The van der Waals surface area contributed by atoms with Crippen molar-refractivity contribution in [3.8, 4) is 22.7 Å². The third-order valence-corrected chi connectivity index (χ3v) is 4.26.